The Balaban J connectivity index is 1.39. The van der Waals surface area contributed by atoms with Crippen LogP contribution >= 0.6 is 0 Å². The number of rotatable bonds is 3. The lowest BCUT2D eigenvalue weighted by molar-refractivity contribution is -0.0494. The zero-order valence-corrected chi connectivity index (χ0v) is 15.8. The molecule has 1 saturated heterocycles. The van der Waals surface area contributed by atoms with Crippen molar-refractivity contribution in [2.75, 3.05) is 13.1 Å². The van der Waals surface area contributed by atoms with Gasteiger partial charge in [0, 0.05) is 55.5 Å². The minimum absolute atomic E-state index is 0.0480. The van der Waals surface area contributed by atoms with Gasteiger partial charge in [-0.05, 0) is 24.3 Å². The third-order valence-electron chi connectivity index (χ3n) is 5.24. The third kappa shape index (κ3) is 3.30. The SMILES string of the molecule is O=C(c1cnc2c(ccn2-c2ccc(-c3ncn[nH]3)cn2)c1)N1CCC(F)(F)CC1. The molecular weight excluding hydrogens is 392 g/mol. The number of alkyl halides is 2. The molecule has 4 aromatic heterocycles. The molecule has 4 aromatic rings. The van der Waals surface area contributed by atoms with Gasteiger partial charge in [-0.1, -0.05) is 0 Å². The van der Waals surface area contributed by atoms with Gasteiger partial charge in [-0.15, -0.1) is 0 Å². The molecule has 1 fully saturated rings. The van der Waals surface area contributed by atoms with Crippen LogP contribution in [0.5, 0.6) is 0 Å². The van der Waals surface area contributed by atoms with Crippen molar-refractivity contribution in [3.63, 3.8) is 0 Å². The third-order valence-corrected chi connectivity index (χ3v) is 5.24. The van der Waals surface area contributed by atoms with Crippen molar-refractivity contribution in [1.82, 2.24) is 34.6 Å². The van der Waals surface area contributed by atoms with E-state index in [1.54, 1.807) is 12.3 Å². The number of H-pyrrole nitrogens is 1. The maximum absolute atomic E-state index is 13.4. The summed E-state index contributed by atoms with van der Waals surface area (Å²) in [4.78, 5) is 27.1. The zero-order chi connectivity index (χ0) is 20.7. The van der Waals surface area contributed by atoms with E-state index in [9.17, 15) is 13.6 Å². The quantitative estimate of drug-likeness (QED) is 0.561. The normalized spacial score (nSPS) is 16.1. The van der Waals surface area contributed by atoms with Gasteiger partial charge >= 0.3 is 0 Å². The first-order chi connectivity index (χ1) is 14.5. The van der Waals surface area contributed by atoms with Crippen LogP contribution in [-0.2, 0) is 0 Å². The molecule has 5 heterocycles. The summed E-state index contributed by atoms with van der Waals surface area (Å²) in [6.07, 6.45) is 5.81. The predicted molar refractivity (Wildman–Crippen MR) is 104 cm³/mol. The smallest absolute Gasteiger partial charge is 0.255 e. The van der Waals surface area contributed by atoms with Gasteiger partial charge in [-0.3, -0.25) is 14.5 Å². The first kappa shape index (κ1) is 18.3. The van der Waals surface area contributed by atoms with Gasteiger partial charge in [-0.2, -0.15) is 5.10 Å². The standard InChI is InChI=1S/C20H17F2N7O/c21-20(22)4-7-28(8-5-20)19(30)15-9-13-3-6-29(18(13)24-11-15)16-2-1-14(10-23-16)17-25-12-26-27-17/h1-3,6,9-12H,4-5,7-8H2,(H,25,26,27). The van der Waals surface area contributed by atoms with Gasteiger partial charge in [0.25, 0.3) is 11.8 Å². The number of nitrogens with one attached hydrogen (secondary N) is 1. The molecule has 0 bridgehead atoms. The Morgan fingerprint density at radius 3 is 2.60 bits per heavy atom. The van der Waals surface area contributed by atoms with Crippen LogP contribution < -0.4 is 0 Å². The van der Waals surface area contributed by atoms with Gasteiger partial charge in [0.05, 0.1) is 5.56 Å². The second-order valence-corrected chi connectivity index (χ2v) is 7.21. The highest BCUT2D eigenvalue weighted by molar-refractivity contribution is 5.97. The zero-order valence-electron chi connectivity index (χ0n) is 15.8. The molecule has 1 aliphatic rings. The lowest BCUT2D eigenvalue weighted by atomic mass is 10.1. The number of hydrogen-bond acceptors (Lipinski definition) is 5. The number of carbonyl (C=O) groups is 1. The van der Waals surface area contributed by atoms with Crippen LogP contribution in [0.2, 0.25) is 0 Å². The molecule has 0 spiro atoms. The highest BCUT2D eigenvalue weighted by Gasteiger charge is 2.35. The van der Waals surface area contributed by atoms with Crippen molar-refractivity contribution >= 4 is 16.9 Å². The van der Waals surface area contributed by atoms with E-state index in [0.29, 0.717) is 22.9 Å². The number of amides is 1. The maximum atomic E-state index is 13.4. The summed E-state index contributed by atoms with van der Waals surface area (Å²) in [5.41, 5.74) is 1.84. The van der Waals surface area contributed by atoms with Crippen molar-refractivity contribution in [2.24, 2.45) is 0 Å². The van der Waals surface area contributed by atoms with Gasteiger partial charge < -0.3 is 4.90 Å². The van der Waals surface area contributed by atoms with E-state index in [0.717, 1.165) is 10.9 Å². The van der Waals surface area contributed by atoms with Crippen LogP contribution in [0.4, 0.5) is 8.78 Å². The van der Waals surface area contributed by atoms with Crippen molar-refractivity contribution < 1.29 is 13.6 Å². The highest BCUT2D eigenvalue weighted by Crippen LogP contribution is 2.29. The maximum Gasteiger partial charge on any atom is 0.255 e. The Hall–Kier alpha value is -3.69. The number of pyridine rings is 2. The molecule has 0 unspecified atom stereocenters. The molecule has 5 rings (SSSR count). The number of aromatic nitrogens is 6. The molecule has 1 amide bonds. The average molecular weight is 409 g/mol. The van der Waals surface area contributed by atoms with Gasteiger partial charge in [-0.25, -0.2) is 23.7 Å². The summed E-state index contributed by atoms with van der Waals surface area (Å²) in [5, 5.41) is 7.38. The Kier molecular flexibility index (Phi) is 4.27. The van der Waals surface area contributed by atoms with Crippen LogP contribution in [0.3, 0.4) is 0 Å². The van der Waals surface area contributed by atoms with Gasteiger partial charge in [0.15, 0.2) is 5.82 Å². The van der Waals surface area contributed by atoms with Crippen LogP contribution in [0.25, 0.3) is 28.2 Å². The van der Waals surface area contributed by atoms with E-state index in [1.807, 2.05) is 29.0 Å². The average Bonchev–Trinajstić information content (AvgIpc) is 3.43. The molecule has 8 nitrogen and oxygen atoms in total. The second kappa shape index (κ2) is 6.97. The summed E-state index contributed by atoms with van der Waals surface area (Å²) in [7, 11) is 0. The molecule has 1 N–H and O–H groups in total. The van der Waals surface area contributed by atoms with Crippen molar-refractivity contribution in [3.05, 3.63) is 54.7 Å². The monoisotopic (exact) mass is 409 g/mol. The van der Waals surface area contributed by atoms with E-state index < -0.39 is 5.92 Å². The summed E-state index contributed by atoms with van der Waals surface area (Å²) < 4.78 is 28.5. The summed E-state index contributed by atoms with van der Waals surface area (Å²) in [6.45, 7) is 0.0959. The summed E-state index contributed by atoms with van der Waals surface area (Å²) in [6, 6.07) is 7.29. The number of nitrogens with zero attached hydrogens (tertiary/aromatic N) is 6. The number of hydrogen-bond donors (Lipinski definition) is 1. The number of aromatic amines is 1. The number of carbonyl (C=O) groups excluding carboxylic acids is 1. The minimum atomic E-state index is -2.69. The molecule has 0 radical (unpaired) electrons. The first-order valence-electron chi connectivity index (χ1n) is 9.47. The van der Waals surface area contributed by atoms with E-state index in [4.69, 9.17) is 0 Å². The van der Waals surface area contributed by atoms with E-state index in [1.165, 1.54) is 17.4 Å². The largest absolute Gasteiger partial charge is 0.338 e. The second-order valence-electron chi connectivity index (χ2n) is 7.21. The fraction of sp³-hybridized carbons (Fsp3) is 0.250. The summed E-state index contributed by atoms with van der Waals surface area (Å²) >= 11 is 0. The number of halogens is 2. The first-order valence-corrected chi connectivity index (χ1v) is 9.47. The molecular formula is C20H17F2N7O. The summed E-state index contributed by atoms with van der Waals surface area (Å²) in [5.74, 6) is -1.67. The minimum Gasteiger partial charge on any atom is -0.338 e. The Morgan fingerprint density at radius 2 is 1.90 bits per heavy atom. The molecule has 0 atom stereocenters. The molecule has 0 aromatic carbocycles. The van der Waals surface area contributed by atoms with E-state index in [-0.39, 0.29) is 31.8 Å². The lowest BCUT2D eigenvalue weighted by Gasteiger charge is -2.31. The fourth-order valence-electron chi connectivity index (χ4n) is 3.56. The van der Waals surface area contributed by atoms with Gasteiger partial charge in [0.1, 0.15) is 17.8 Å². The van der Waals surface area contributed by atoms with Crippen molar-refractivity contribution in [1.29, 1.82) is 0 Å². The Bertz CT molecular complexity index is 1190. The number of piperidine rings is 1. The van der Waals surface area contributed by atoms with Crippen LogP contribution in [0, 0.1) is 0 Å². The van der Waals surface area contributed by atoms with Crippen molar-refractivity contribution in [3.8, 4) is 17.2 Å². The fourth-order valence-corrected chi connectivity index (χ4v) is 3.56. The highest BCUT2D eigenvalue weighted by atomic mass is 19.3. The lowest BCUT2D eigenvalue weighted by Crippen LogP contribution is -2.42. The molecule has 0 aliphatic carbocycles. The Labute approximate surface area is 169 Å². The van der Waals surface area contributed by atoms with Crippen molar-refractivity contribution in [2.45, 2.75) is 18.8 Å². The number of likely N-dealkylation sites (tertiary alicyclic amines) is 1. The predicted octanol–water partition coefficient (Wildman–Crippen LogP) is 3.08. The van der Waals surface area contributed by atoms with Crippen LogP contribution in [0.1, 0.15) is 23.2 Å². The molecule has 10 heteroatoms. The van der Waals surface area contributed by atoms with Crippen LogP contribution in [0.15, 0.2) is 49.2 Å². The number of fused-ring (bicyclic) bond motifs is 1. The van der Waals surface area contributed by atoms with Gasteiger partial charge in [0.2, 0.25) is 0 Å². The Morgan fingerprint density at radius 1 is 1.07 bits per heavy atom. The molecule has 0 saturated carbocycles. The van der Waals surface area contributed by atoms with E-state index in [2.05, 4.69) is 25.1 Å². The molecule has 1 aliphatic heterocycles. The van der Waals surface area contributed by atoms with E-state index >= 15 is 0 Å². The topological polar surface area (TPSA) is 92.6 Å². The molecule has 152 valence electrons. The molecule has 30 heavy (non-hydrogen) atoms. The van der Waals surface area contributed by atoms with Crippen LogP contribution in [-0.4, -0.2) is 59.5 Å².